The minimum absolute atomic E-state index is 0.906. The predicted octanol–water partition coefficient (Wildman–Crippen LogP) is 12.3. The van der Waals surface area contributed by atoms with E-state index in [4.69, 9.17) is 9.97 Å². The molecule has 0 unspecified atom stereocenters. The molecular weight excluding hydrogens is 607 g/mol. The van der Waals surface area contributed by atoms with E-state index in [1.165, 1.54) is 43.4 Å². The molecule has 0 aliphatic rings. The van der Waals surface area contributed by atoms with Crippen LogP contribution in [0.2, 0.25) is 0 Å². The van der Waals surface area contributed by atoms with E-state index in [1.54, 1.807) is 0 Å². The maximum atomic E-state index is 5.20. The van der Waals surface area contributed by atoms with Crippen LogP contribution in [0.5, 0.6) is 0 Å². The van der Waals surface area contributed by atoms with E-state index < -0.39 is 0 Å². The van der Waals surface area contributed by atoms with Crippen molar-refractivity contribution >= 4 is 54.1 Å². The Morgan fingerprint density at radius 1 is 0.280 bits per heavy atom. The Labute approximate surface area is 289 Å². The summed E-state index contributed by atoms with van der Waals surface area (Å²) in [7, 11) is 0. The van der Waals surface area contributed by atoms with Gasteiger partial charge < -0.3 is 0 Å². The standard InChI is InChI=1S/C47H29N3/c1-2-9-39-37(7-1)38-8-3-4-10-40(38)42-29-36(22-25-41(39)42)30-12-14-32(15-13-30)44-26-23-34-20-21-35-24-27-45(50-47(35)46(34)49-44)33-18-16-31(17-19-33)43-11-5-6-28-48-43/h1-29H. The highest BCUT2D eigenvalue weighted by molar-refractivity contribution is 6.25. The number of nitrogens with zero attached hydrogens (tertiary/aromatic N) is 3. The number of hydrogen-bond acceptors (Lipinski definition) is 3. The lowest BCUT2D eigenvalue weighted by Crippen LogP contribution is -1.91. The molecule has 3 aromatic heterocycles. The Morgan fingerprint density at radius 2 is 0.700 bits per heavy atom. The molecular formula is C47H29N3. The number of hydrogen-bond donors (Lipinski definition) is 0. The van der Waals surface area contributed by atoms with Crippen LogP contribution in [0, 0.1) is 0 Å². The van der Waals surface area contributed by atoms with Gasteiger partial charge in [-0.05, 0) is 73.8 Å². The zero-order valence-electron chi connectivity index (χ0n) is 27.1. The number of pyridine rings is 3. The van der Waals surface area contributed by atoms with Crippen molar-refractivity contribution in [3.8, 4) is 44.9 Å². The molecule has 0 saturated carbocycles. The minimum atomic E-state index is 0.906. The van der Waals surface area contributed by atoms with Gasteiger partial charge in [0.1, 0.15) is 0 Å². The van der Waals surface area contributed by atoms with Gasteiger partial charge in [-0.3, -0.25) is 4.98 Å². The lowest BCUT2D eigenvalue weighted by atomic mass is 9.92. The molecule has 0 N–H and O–H groups in total. The second kappa shape index (κ2) is 11.5. The third kappa shape index (κ3) is 4.71. The lowest BCUT2D eigenvalue weighted by molar-refractivity contribution is 1.32. The molecule has 3 heterocycles. The molecule has 0 aliphatic heterocycles. The number of fused-ring (bicyclic) bond motifs is 9. The van der Waals surface area contributed by atoms with Crippen LogP contribution >= 0.6 is 0 Å². The first kappa shape index (κ1) is 28.3. The van der Waals surface area contributed by atoms with Gasteiger partial charge in [0.25, 0.3) is 0 Å². The molecule has 0 spiro atoms. The Morgan fingerprint density at radius 3 is 1.22 bits per heavy atom. The fraction of sp³-hybridized carbons (Fsp3) is 0. The van der Waals surface area contributed by atoms with Crippen LogP contribution in [0.25, 0.3) is 99.0 Å². The van der Waals surface area contributed by atoms with Crippen molar-refractivity contribution < 1.29 is 0 Å². The average molecular weight is 636 g/mol. The zero-order valence-corrected chi connectivity index (χ0v) is 27.1. The first-order valence-corrected chi connectivity index (χ1v) is 16.9. The summed E-state index contributed by atoms with van der Waals surface area (Å²) < 4.78 is 0. The highest BCUT2D eigenvalue weighted by Gasteiger charge is 2.12. The Kier molecular flexibility index (Phi) is 6.49. The van der Waals surface area contributed by atoms with Crippen LogP contribution < -0.4 is 0 Å². The van der Waals surface area contributed by atoms with Gasteiger partial charge in [0, 0.05) is 33.7 Å². The van der Waals surface area contributed by atoms with Crippen molar-refractivity contribution in [3.63, 3.8) is 0 Å². The van der Waals surface area contributed by atoms with Crippen molar-refractivity contribution in [2.75, 3.05) is 0 Å². The summed E-state index contributed by atoms with van der Waals surface area (Å²) in [5.74, 6) is 0. The first-order chi connectivity index (χ1) is 24.8. The molecule has 232 valence electrons. The van der Waals surface area contributed by atoms with Crippen LogP contribution in [0.15, 0.2) is 176 Å². The Balaban J connectivity index is 1.01. The molecule has 0 atom stereocenters. The van der Waals surface area contributed by atoms with E-state index in [9.17, 15) is 0 Å². The second-order valence-electron chi connectivity index (χ2n) is 12.8. The fourth-order valence-electron chi connectivity index (χ4n) is 7.36. The molecule has 0 bridgehead atoms. The number of rotatable bonds is 4. The smallest absolute Gasteiger partial charge is 0.0972 e. The molecule has 0 saturated heterocycles. The molecule has 7 aromatic carbocycles. The quantitative estimate of drug-likeness (QED) is 0.181. The third-order valence-electron chi connectivity index (χ3n) is 9.92. The largest absolute Gasteiger partial charge is 0.256 e. The SMILES string of the molecule is c1ccc(-c2ccc(-c3ccc4ccc5ccc(-c6ccc(-c7ccc8c9ccccc9c9ccccc9c8c7)cc6)nc5c4n3)cc2)nc1. The van der Waals surface area contributed by atoms with Crippen LogP contribution in [0.1, 0.15) is 0 Å². The van der Waals surface area contributed by atoms with Crippen molar-refractivity contribution in [3.05, 3.63) is 176 Å². The number of benzene rings is 7. The van der Waals surface area contributed by atoms with Crippen LogP contribution in [0.4, 0.5) is 0 Å². The van der Waals surface area contributed by atoms with Gasteiger partial charge in [0.2, 0.25) is 0 Å². The highest BCUT2D eigenvalue weighted by Crippen LogP contribution is 2.37. The molecule has 10 rings (SSSR count). The van der Waals surface area contributed by atoms with E-state index in [2.05, 4.69) is 157 Å². The summed E-state index contributed by atoms with van der Waals surface area (Å²) in [5.41, 5.74) is 10.2. The predicted molar refractivity (Wildman–Crippen MR) is 209 cm³/mol. The van der Waals surface area contributed by atoms with Gasteiger partial charge in [0.15, 0.2) is 0 Å². The maximum Gasteiger partial charge on any atom is 0.0972 e. The van der Waals surface area contributed by atoms with Gasteiger partial charge in [-0.1, -0.05) is 140 Å². The van der Waals surface area contributed by atoms with E-state index in [0.717, 1.165) is 55.6 Å². The normalized spacial score (nSPS) is 11.6. The van der Waals surface area contributed by atoms with Crippen molar-refractivity contribution in [2.45, 2.75) is 0 Å². The van der Waals surface area contributed by atoms with Gasteiger partial charge in [0.05, 0.1) is 28.1 Å². The number of aromatic nitrogens is 3. The van der Waals surface area contributed by atoms with Gasteiger partial charge in [-0.15, -0.1) is 0 Å². The molecule has 0 fully saturated rings. The molecule has 3 heteroatoms. The molecule has 3 nitrogen and oxygen atoms in total. The second-order valence-corrected chi connectivity index (χ2v) is 12.8. The topological polar surface area (TPSA) is 38.7 Å². The monoisotopic (exact) mass is 635 g/mol. The van der Waals surface area contributed by atoms with Crippen LogP contribution in [-0.2, 0) is 0 Å². The summed E-state index contributed by atoms with van der Waals surface area (Å²) in [4.78, 5) is 14.8. The van der Waals surface area contributed by atoms with E-state index in [-0.39, 0.29) is 0 Å². The van der Waals surface area contributed by atoms with Gasteiger partial charge in [-0.25, -0.2) is 9.97 Å². The van der Waals surface area contributed by atoms with E-state index >= 15 is 0 Å². The Bertz CT molecular complexity index is 2860. The molecule has 50 heavy (non-hydrogen) atoms. The fourth-order valence-corrected chi connectivity index (χ4v) is 7.36. The molecule has 0 radical (unpaired) electrons. The lowest BCUT2D eigenvalue weighted by Gasteiger charge is -2.12. The summed E-state index contributed by atoms with van der Waals surface area (Å²) in [5, 5.41) is 9.87. The summed E-state index contributed by atoms with van der Waals surface area (Å²) in [6.45, 7) is 0. The van der Waals surface area contributed by atoms with E-state index in [0.29, 0.717) is 0 Å². The van der Waals surface area contributed by atoms with Crippen molar-refractivity contribution in [1.82, 2.24) is 15.0 Å². The van der Waals surface area contributed by atoms with Gasteiger partial charge in [-0.2, -0.15) is 0 Å². The van der Waals surface area contributed by atoms with E-state index in [1.807, 2.05) is 24.4 Å². The first-order valence-electron chi connectivity index (χ1n) is 16.9. The third-order valence-corrected chi connectivity index (χ3v) is 9.92. The molecule has 0 amide bonds. The zero-order chi connectivity index (χ0) is 33.0. The highest BCUT2D eigenvalue weighted by atomic mass is 14.8. The summed E-state index contributed by atoms with van der Waals surface area (Å²) >= 11 is 0. The average Bonchev–Trinajstić information content (AvgIpc) is 3.21. The minimum Gasteiger partial charge on any atom is -0.256 e. The summed E-state index contributed by atoms with van der Waals surface area (Å²) in [6, 6.07) is 60.3. The summed E-state index contributed by atoms with van der Waals surface area (Å²) in [6.07, 6.45) is 1.82. The van der Waals surface area contributed by atoms with Gasteiger partial charge >= 0.3 is 0 Å². The maximum absolute atomic E-state index is 5.20. The molecule has 0 aliphatic carbocycles. The van der Waals surface area contributed by atoms with Crippen molar-refractivity contribution in [2.24, 2.45) is 0 Å². The Hall–Kier alpha value is -6.71. The van der Waals surface area contributed by atoms with Crippen LogP contribution in [0.3, 0.4) is 0 Å². The molecule has 10 aromatic rings. The van der Waals surface area contributed by atoms with Crippen LogP contribution in [-0.4, -0.2) is 15.0 Å². The van der Waals surface area contributed by atoms with Crippen molar-refractivity contribution in [1.29, 1.82) is 0 Å².